The Morgan fingerprint density at radius 1 is 1.18 bits per heavy atom. The summed E-state index contributed by atoms with van der Waals surface area (Å²) in [5.41, 5.74) is -0.182. The number of hydrogen-bond donors (Lipinski definition) is 0. The van der Waals surface area contributed by atoms with Crippen molar-refractivity contribution in [3.8, 4) is 0 Å². The summed E-state index contributed by atoms with van der Waals surface area (Å²) >= 11 is 10.8. The summed E-state index contributed by atoms with van der Waals surface area (Å²) in [7, 11) is 0. The van der Waals surface area contributed by atoms with Gasteiger partial charge in [-0.25, -0.2) is 8.78 Å². The summed E-state index contributed by atoms with van der Waals surface area (Å²) in [6.07, 6.45) is -2.54. The Morgan fingerprint density at radius 2 is 1.64 bits per heavy atom. The van der Waals surface area contributed by atoms with Crippen LogP contribution in [0.1, 0.15) is 12.0 Å². The van der Waals surface area contributed by atoms with E-state index in [0.29, 0.717) is 0 Å². The first kappa shape index (κ1) is 8.75. The smallest absolute Gasteiger partial charge is 0.205 e. The summed E-state index contributed by atoms with van der Waals surface area (Å²) in [4.78, 5) is 0. The van der Waals surface area contributed by atoms with E-state index >= 15 is 0 Å². The Morgan fingerprint density at radius 3 is 2.00 bits per heavy atom. The van der Waals surface area contributed by atoms with Gasteiger partial charge in [0.1, 0.15) is 0 Å². The highest BCUT2D eigenvalue weighted by molar-refractivity contribution is 6.34. The van der Waals surface area contributed by atoms with Crippen molar-refractivity contribution in [1.82, 2.24) is 0 Å². The number of halogens is 4. The lowest BCUT2D eigenvalue weighted by molar-refractivity contribution is 0.151. The van der Waals surface area contributed by atoms with Crippen LogP contribution in [0, 0.1) is 6.07 Å². The van der Waals surface area contributed by atoms with Crippen LogP contribution in [0.5, 0.6) is 0 Å². The lowest BCUT2D eigenvalue weighted by Gasteiger charge is -1.99. The summed E-state index contributed by atoms with van der Waals surface area (Å²) in [5, 5.41) is 0.209. The molecule has 0 aliphatic heterocycles. The molecule has 1 radical (unpaired) electrons. The van der Waals surface area contributed by atoms with Gasteiger partial charge in [-0.1, -0.05) is 23.2 Å². The predicted octanol–water partition coefficient (Wildman–Crippen LogP) is 3.73. The van der Waals surface area contributed by atoms with Gasteiger partial charge in [-0.3, -0.25) is 0 Å². The van der Waals surface area contributed by atoms with Gasteiger partial charge in [0.05, 0.1) is 10.0 Å². The Hall–Kier alpha value is -0.340. The van der Waals surface area contributed by atoms with Crippen molar-refractivity contribution < 1.29 is 8.78 Å². The van der Waals surface area contributed by atoms with Crippen LogP contribution in [-0.4, -0.2) is 0 Å². The van der Waals surface area contributed by atoms with Crippen LogP contribution in [0.4, 0.5) is 8.78 Å². The average molecular weight is 196 g/mol. The molecule has 0 nitrogen and oxygen atoms in total. The van der Waals surface area contributed by atoms with E-state index in [0.717, 1.165) is 12.1 Å². The summed E-state index contributed by atoms with van der Waals surface area (Å²) in [6, 6.07) is 4.74. The summed E-state index contributed by atoms with van der Waals surface area (Å²) < 4.78 is 24.0. The fourth-order valence-electron chi connectivity index (χ4n) is 0.647. The highest BCUT2D eigenvalue weighted by atomic mass is 35.5. The molecule has 1 aromatic carbocycles. The van der Waals surface area contributed by atoms with Crippen LogP contribution in [0.25, 0.3) is 0 Å². The molecule has 0 aliphatic rings. The third-order valence-corrected chi connectivity index (χ3v) is 1.48. The minimum Gasteiger partial charge on any atom is -0.205 e. The maximum absolute atomic E-state index is 12.0. The molecule has 0 spiro atoms. The van der Waals surface area contributed by atoms with E-state index in [1.165, 1.54) is 0 Å². The second kappa shape index (κ2) is 3.37. The fraction of sp³-hybridized carbons (Fsp3) is 0.143. The summed E-state index contributed by atoms with van der Waals surface area (Å²) in [5.74, 6) is 0. The molecule has 0 N–H and O–H groups in total. The average Bonchev–Trinajstić information content (AvgIpc) is 1.85. The van der Waals surface area contributed by atoms with E-state index in [1.54, 1.807) is 0 Å². The van der Waals surface area contributed by atoms with Gasteiger partial charge in [0, 0.05) is 11.6 Å². The minimum absolute atomic E-state index is 0.104. The van der Waals surface area contributed by atoms with Gasteiger partial charge in [0.15, 0.2) is 0 Å². The van der Waals surface area contributed by atoms with Gasteiger partial charge in [0.2, 0.25) is 0 Å². The third-order valence-electron chi connectivity index (χ3n) is 1.08. The molecule has 0 unspecified atom stereocenters. The standard InChI is InChI=1S/C7H3Cl2F2/c8-5-1-4(7(10)11)2-6(9)3-5/h1-2,7H. The Bertz CT molecular complexity index is 240. The molecule has 0 amide bonds. The first-order valence-corrected chi connectivity index (χ1v) is 3.51. The van der Waals surface area contributed by atoms with Crippen molar-refractivity contribution in [2.75, 3.05) is 0 Å². The normalized spacial score (nSPS) is 10.6. The topological polar surface area (TPSA) is 0 Å². The van der Waals surface area contributed by atoms with Crippen molar-refractivity contribution in [2.24, 2.45) is 0 Å². The molecule has 0 saturated carbocycles. The molecule has 1 rings (SSSR count). The molecule has 0 heterocycles. The first-order chi connectivity index (χ1) is 5.09. The molecule has 0 saturated heterocycles. The van der Waals surface area contributed by atoms with Gasteiger partial charge in [-0.15, -0.1) is 0 Å². The van der Waals surface area contributed by atoms with E-state index in [2.05, 4.69) is 6.07 Å². The monoisotopic (exact) mass is 195 g/mol. The second-order valence-corrected chi connectivity index (χ2v) is 2.72. The molecule has 11 heavy (non-hydrogen) atoms. The molecule has 0 fully saturated rings. The van der Waals surface area contributed by atoms with Crippen LogP contribution >= 0.6 is 23.2 Å². The fourth-order valence-corrected chi connectivity index (χ4v) is 1.15. The molecule has 0 aliphatic carbocycles. The number of alkyl halides is 2. The molecular formula is C7H3Cl2F2. The van der Waals surface area contributed by atoms with E-state index in [1.807, 2.05) is 0 Å². The zero-order valence-electron chi connectivity index (χ0n) is 5.24. The van der Waals surface area contributed by atoms with Crippen LogP contribution in [0.15, 0.2) is 12.1 Å². The van der Waals surface area contributed by atoms with Crippen molar-refractivity contribution in [1.29, 1.82) is 0 Å². The SMILES string of the molecule is FC(F)c1cc(Cl)[c]c(Cl)c1. The zero-order valence-corrected chi connectivity index (χ0v) is 6.76. The van der Waals surface area contributed by atoms with E-state index in [4.69, 9.17) is 23.2 Å². The van der Waals surface area contributed by atoms with Gasteiger partial charge in [-0.2, -0.15) is 0 Å². The van der Waals surface area contributed by atoms with E-state index in [-0.39, 0.29) is 15.6 Å². The van der Waals surface area contributed by atoms with Crippen molar-refractivity contribution >= 4 is 23.2 Å². The van der Waals surface area contributed by atoms with Crippen LogP contribution in [0.2, 0.25) is 10.0 Å². The third kappa shape index (κ3) is 2.31. The molecule has 1 aromatic rings. The van der Waals surface area contributed by atoms with Crippen LogP contribution in [-0.2, 0) is 0 Å². The molecule has 0 aromatic heterocycles. The Balaban J connectivity index is 3.08. The van der Waals surface area contributed by atoms with Crippen molar-refractivity contribution in [3.05, 3.63) is 33.8 Å². The molecule has 59 valence electrons. The lowest BCUT2D eigenvalue weighted by Crippen LogP contribution is -1.83. The minimum atomic E-state index is -2.54. The Kier molecular flexibility index (Phi) is 2.68. The molecule has 0 bridgehead atoms. The zero-order chi connectivity index (χ0) is 8.43. The summed E-state index contributed by atoms with van der Waals surface area (Å²) in [6.45, 7) is 0. The van der Waals surface area contributed by atoms with Gasteiger partial charge in [-0.05, 0) is 12.1 Å². The number of hydrogen-bond acceptors (Lipinski definition) is 0. The Labute approximate surface area is 72.7 Å². The number of rotatable bonds is 1. The lowest BCUT2D eigenvalue weighted by atomic mass is 10.2. The van der Waals surface area contributed by atoms with Gasteiger partial charge < -0.3 is 0 Å². The molecule has 0 atom stereocenters. The number of benzene rings is 1. The predicted molar refractivity (Wildman–Crippen MR) is 40.3 cm³/mol. The van der Waals surface area contributed by atoms with Gasteiger partial charge >= 0.3 is 0 Å². The largest absolute Gasteiger partial charge is 0.263 e. The first-order valence-electron chi connectivity index (χ1n) is 2.76. The maximum Gasteiger partial charge on any atom is 0.263 e. The molecule has 4 heteroatoms. The van der Waals surface area contributed by atoms with Gasteiger partial charge in [0.25, 0.3) is 6.43 Å². The van der Waals surface area contributed by atoms with Crippen LogP contribution < -0.4 is 0 Å². The van der Waals surface area contributed by atoms with E-state index in [9.17, 15) is 8.78 Å². The van der Waals surface area contributed by atoms with Crippen molar-refractivity contribution in [2.45, 2.75) is 6.43 Å². The maximum atomic E-state index is 12.0. The molecular weight excluding hydrogens is 193 g/mol. The highest BCUT2D eigenvalue weighted by Crippen LogP contribution is 2.25. The van der Waals surface area contributed by atoms with E-state index < -0.39 is 6.43 Å². The highest BCUT2D eigenvalue weighted by Gasteiger charge is 2.08. The van der Waals surface area contributed by atoms with Crippen molar-refractivity contribution in [3.63, 3.8) is 0 Å². The quantitative estimate of drug-likeness (QED) is 0.641. The second-order valence-electron chi connectivity index (χ2n) is 1.91. The van der Waals surface area contributed by atoms with Crippen LogP contribution in [0.3, 0.4) is 0 Å².